The maximum atomic E-state index is 11.8. The molecule has 0 aliphatic heterocycles. The van der Waals surface area contributed by atoms with Gasteiger partial charge in [-0.15, -0.1) is 0 Å². The average Bonchev–Trinajstić information content (AvgIpc) is 3.19. The van der Waals surface area contributed by atoms with Crippen molar-refractivity contribution in [2.24, 2.45) is 0 Å². The highest BCUT2D eigenvalue weighted by Gasteiger charge is 2.04. The van der Waals surface area contributed by atoms with E-state index in [9.17, 15) is 4.79 Å². The highest BCUT2D eigenvalue weighted by molar-refractivity contribution is 5.90. The average molecular weight is 284 g/mol. The third-order valence-corrected chi connectivity index (χ3v) is 2.72. The molecule has 3 rings (SSSR count). The van der Waals surface area contributed by atoms with E-state index in [0.29, 0.717) is 24.5 Å². The number of aromatic nitrogens is 7. The maximum Gasteiger partial charge on any atom is 0.226 e. The van der Waals surface area contributed by atoms with Gasteiger partial charge in [-0.05, 0) is 12.1 Å². The van der Waals surface area contributed by atoms with E-state index in [-0.39, 0.29) is 5.91 Å². The van der Waals surface area contributed by atoms with Crippen LogP contribution in [0.1, 0.15) is 6.42 Å². The first-order valence-corrected chi connectivity index (χ1v) is 6.24. The number of carbonyl (C=O) groups is 1. The van der Waals surface area contributed by atoms with Crippen molar-refractivity contribution in [1.29, 1.82) is 0 Å². The first-order chi connectivity index (χ1) is 10.3. The lowest BCUT2D eigenvalue weighted by atomic mass is 10.3. The molecule has 0 aromatic carbocycles. The third kappa shape index (κ3) is 3.26. The topological polar surface area (TPSA) is 103 Å². The Hall–Kier alpha value is -3.10. The van der Waals surface area contributed by atoms with E-state index in [2.05, 4.69) is 30.5 Å². The van der Waals surface area contributed by atoms with Gasteiger partial charge in [0.2, 0.25) is 5.91 Å². The van der Waals surface area contributed by atoms with Gasteiger partial charge < -0.3 is 5.32 Å². The van der Waals surface area contributed by atoms with Gasteiger partial charge in [-0.25, -0.2) is 19.6 Å². The second-order valence-corrected chi connectivity index (χ2v) is 4.20. The van der Waals surface area contributed by atoms with E-state index in [4.69, 9.17) is 0 Å². The molecule has 3 aromatic heterocycles. The molecule has 1 N–H and O–H groups in total. The minimum Gasteiger partial charge on any atom is -0.325 e. The summed E-state index contributed by atoms with van der Waals surface area (Å²) in [6.07, 6.45) is 7.88. The van der Waals surface area contributed by atoms with Crippen LogP contribution in [0, 0.1) is 0 Å². The molecule has 3 heterocycles. The standard InChI is InChI=1S/C12H12N8O/c21-12(3-4-19-8-13-6-16-19)18-10-1-2-11(15-5-10)20-9-14-7-17-20/h1-2,5-9H,3-4H2,(H,18,21). The zero-order valence-corrected chi connectivity index (χ0v) is 11.0. The number of nitrogens with one attached hydrogen (secondary N) is 1. The Morgan fingerprint density at radius 3 is 2.67 bits per heavy atom. The lowest BCUT2D eigenvalue weighted by molar-refractivity contribution is -0.116. The van der Waals surface area contributed by atoms with Gasteiger partial charge in [-0.3, -0.25) is 9.48 Å². The molecule has 9 nitrogen and oxygen atoms in total. The van der Waals surface area contributed by atoms with Crippen LogP contribution in [0.3, 0.4) is 0 Å². The largest absolute Gasteiger partial charge is 0.325 e. The Balaban J connectivity index is 1.56. The molecule has 0 unspecified atom stereocenters. The predicted molar refractivity (Wildman–Crippen MR) is 72.4 cm³/mol. The van der Waals surface area contributed by atoms with Gasteiger partial charge in [0.05, 0.1) is 18.4 Å². The number of hydrogen-bond acceptors (Lipinski definition) is 6. The highest BCUT2D eigenvalue weighted by Crippen LogP contribution is 2.09. The molecule has 3 aromatic rings. The molecule has 21 heavy (non-hydrogen) atoms. The Kier molecular flexibility index (Phi) is 3.63. The first kappa shape index (κ1) is 12.9. The van der Waals surface area contributed by atoms with Crippen molar-refractivity contribution < 1.29 is 4.79 Å². The zero-order valence-electron chi connectivity index (χ0n) is 11.0. The Labute approximate surface area is 119 Å². The van der Waals surface area contributed by atoms with E-state index < -0.39 is 0 Å². The van der Waals surface area contributed by atoms with Gasteiger partial charge in [0.15, 0.2) is 5.82 Å². The van der Waals surface area contributed by atoms with Crippen molar-refractivity contribution in [2.45, 2.75) is 13.0 Å². The molecule has 9 heteroatoms. The number of amides is 1. The fourth-order valence-corrected chi connectivity index (χ4v) is 1.71. The summed E-state index contributed by atoms with van der Waals surface area (Å²) in [6.45, 7) is 0.482. The Bertz CT molecular complexity index is 689. The molecular formula is C12H12N8O. The van der Waals surface area contributed by atoms with Gasteiger partial charge in [0.1, 0.15) is 25.3 Å². The molecule has 0 aliphatic rings. The van der Waals surface area contributed by atoms with E-state index in [1.807, 2.05) is 0 Å². The van der Waals surface area contributed by atoms with Gasteiger partial charge in [0, 0.05) is 6.42 Å². The predicted octanol–water partition coefficient (Wildman–Crippen LogP) is 0.283. The fraction of sp³-hybridized carbons (Fsp3) is 0.167. The summed E-state index contributed by atoms with van der Waals surface area (Å²) in [6, 6.07) is 3.51. The second-order valence-electron chi connectivity index (χ2n) is 4.20. The normalized spacial score (nSPS) is 10.5. The van der Waals surface area contributed by atoms with E-state index in [0.717, 1.165) is 0 Å². The number of pyridine rings is 1. The number of nitrogens with zero attached hydrogens (tertiary/aromatic N) is 7. The summed E-state index contributed by atoms with van der Waals surface area (Å²) in [7, 11) is 0. The maximum absolute atomic E-state index is 11.8. The van der Waals surface area contributed by atoms with Crippen molar-refractivity contribution in [3.63, 3.8) is 0 Å². The van der Waals surface area contributed by atoms with Crippen LogP contribution in [0.5, 0.6) is 0 Å². The molecule has 0 bridgehead atoms. The van der Waals surface area contributed by atoms with Crippen LogP contribution >= 0.6 is 0 Å². The van der Waals surface area contributed by atoms with Crippen molar-refractivity contribution >= 4 is 11.6 Å². The van der Waals surface area contributed by atoms with Crippen LogP contribution in [0.25, 0.3) is 5.82 Å². The summed E-state index contributed by atoms with van der Waals surface area (Å²) in [5.74, 6) is 0.522. The number of rotatable bonds is 5. The molecule has 0 aliphatic carbocycles. The van der Waals surface area contributed by atoms with Crippen LogP contribution in [-0.2, 0) is 11.3 Å². The van der Waals surface area contributed by atoms with Crippen molar-refractivity contribution in [3.05, 3.63) is 43.6 Å². The minimum atomic E-state index is -0.110. The van der Waals surface area contributed by atoms with E-state index >= 15 is 0 Å². The van der Waals surface area contributed by atoms with E-state index in [1.165, 1.54) is 17.3 Å². The summed E-state index contributed by atoms with van der Waals surface area (Å²) >= 11 is 0. The van der Waals surface area contributed by atoms with Crippen molar-refractivity contribution in [2.75, 3.05) is 5.32 Å². The highest BCUT2D eigenvalue weighted by atomic mass is 16.1. The summed E-state index contributed by atoms with van der Waals surface area (Å²) < 4.78 is 3.14. The van der Waals surface area contributed by atoms with Gasteiger partial charge >= 0.3 is 0 Å². The number of aryl methyl sites for hydroxylation is 1. The van der Waals surface area contributed by atoms with Crippen LogP contribution < -0.4 is 5.32 Å². The van der Waals surface area contributed by atoms with Gasteiger partial charge in [-0.1, -0.05) is 0 Å². The SMILES string of the molecule is O=C(CCn1cncn1)Nc1ccc(-n2cncn2)nc1. The number of carbonyl (C=O) groups excluding carboxylic acids is 1. The lowest BCUT2D eigenvalue weighted by Crippen LogP contribution is -2.15. The molecule has 0 radical (unpaired) electrons. The molecule has 0 spiro atoms. The minimum absolute atomic E-state index is 0.110. The Morgan fingerprint density at radius 1 is 1.14 bits per heavy atom. The summed E-state index contributed by atoms with van der Waals surface area (Å²) in [4.78, 5) is 23.7. The van der Waals surface area contributed by atoms with Crippen LogP contribution in [0.15, 0.2) is 43.6 Å². The first-order valence-electron chi connectivity index (χ1n) is 6.24. The van der Waals surface area contributed by atoms with Crippen LogP contribution in [0.4, 0.5) is 5.69 Å². The smallest absolute Gasteiger partial charge is 0.226 e. The zero-order chi connectivity index (χ0) is 14.5. The Morgan fingerprint density at radius 2 is 2.00 bits per heavy atom. The lowest BCUT2D eigenvalue weighted by Gasteiger charge is -2.06. The van der Waals surface area contributed by atoms with Crippen LogP contribution in [-0.4, -0.2) is 40.4 Å². The molecule has 0 fully saturated rings. The fourth-order valence-electron chi connectivity index (χ4n) is 1.71. The third-order valence-electron chi connectivity index (χ3n) is 2.72. The van der Waals surface area contributed by atoms with Crippen LogP contribution in [0.2, 0.25) is 0 Å². The summed E-state index contributed by atoms with van der Waals surface area (Å²) in [5, 5.41) is 10.7. The molecule has 0 saturated heterocycles. The number of hydrogen-bond donors (Lipinski definition) is 1. The van der Waals surface area contributed by atoms with Gasteiger partial charge in [0.25, 0.3) is 0 Å². The van der Waals surface area contributed by atoms with E-state index in [1.54, 1.807) is 35.7 Å². The van der Waals surface area contributed by atoms with Crippen molar-refractivity contribution in [3.8, 4) is 5.82 Å². The molecule has 106 valence electrons. The molecule has 0 saturated carbocycles. The quantitative estimate of drug-likeness (QED) is 0.722. The second kappa shape index (κ2) is 5.90. The molecular weight excluding hydrogens is 272 g/mol. The number of anilines is 1. The molecule has 0 atom stereocenters. The monoisotopic (exact) mass is 284 g/mol. The summed E-state index contributed by atoms with van der Waals surface area (Å²) in [5.41, 5.74) is 0.627. The van der Waals surface area contributed by atoms with Gasteiger partial charge in [-0.2, -0.15) is 10.2 Å². The molecule has 1 amide bonds. The van der Waals surface area contributed by atoms with Crippen molar-refractivity contribution in [1.82, 2.24) is 34.5 Å².